The minimum atomic E-state index is -0.524. The Hall–Kier alpha value is -3.55. The maximum absolute atomic E-state index is 15.0. The smallest absolute Gasteiger partial charge is 0.270 e. The van der Waals surface area contributed by atoms with Gasteiger partial charge in [0.15, 0.2) is 11.5 Å². The van der Waals surface area contributed by atoms with Crippen LogP contribution in [0.25, 0.3) is 34.3 Å². The summed E-state index contributed by atoms with van der Waals surface area (Å²) in [4.78, 5) is 9.83. The van der Waals surface area contributed by atoms with Crippen LogP contribution in [0.5, 0.6) is 0 Å². The number of aromatic nitrogens is 4. The Morgan fingerprint density at radius 1 is 1.20 bits per heavy atom. The molecule has 12 heteroatoms. The van der Waals surface area contributed by atoms with Crippen LogP contribution in [0.3, 0.4) is 0 Å². The van der Waals surface area contributed by atoms with Crippen LogP contribution in [0.2, 0.25) is 0 Å². The predicted molar refractivity (Wildman–Crippen MR) is 157 cm³/mol. The number of anilines is 1. The van der Waals surface area contributed by atoms with Crippen LogP contribution in [-0.4, -0.2) is 66.5 Å². The molecule has 2 aromatic heterocycles. The number of nitrogen functional groups attached to an aromatic ring is 1. The van der Waals surface area contributed by atoms with Gasteiger partial charge >= 0.3 is 0 Å². The molecule has 0 radical (unpaired) electrons. The van der Waals surface area contributed by atoms with Crippen LogP contribution in [0.1, 0.15) is 32.3 Å². The highest BCUT2D eigenvalue weighted by molar-refractivity contribution is 8.16. The van der Waals surface area contributed by atoms with E-state index in [1.165, 1.54) is 6.07 Å². The summed E-state index contributed by atoms with van der Waals surface area (Å²) in [6, 6.07) is 12.8. The summed E-state index contributed by atoms with van der Waals surface area (Å²) in [5, 5.41) is 31.5. The van der Waals surface area contributed by atoms with Crippen LogP contribution < -0.4 is 11.1 Å². The lowest BCUT2D eigenvalue weighted by Crippen LogP contribution is -2.28. The second-order valence-electron chi connectivity index (χ2n) is 9.86. The van der Waals surface area contributed by atoms with E-state index in [1.54, 1.807) is 19.2 Å². The van der Waals surface area contributed by atoms with Crippen molar-refractivity contribution in [2.24, 2.45) is 0 Å². The zero-order chi connectivity index (χ0) is 28.9. The van der Waals surface area contributed by atoms with Crippen molar-refractivity contribution in [1.29, 1.82) is 0 Å². The van der Waals surface area contributed by atoms with Crippen LogP contribution in [0, 0.1) is 5.82 Å². The highest BCUT2D eigenvalue weighted by atomic mass is 32.2. The van der Waals surface area contributed by atoms with Crippen molar-refractivity contribution in [2.75, 3.05) is 25.6 Å². The van der Waals surface area contributed by atoms with Crippen molar-refractivity contribution in [3.8, 4) is 34.3 Å². The number of aliphatic hydroxyl groups excluding tert-OH is 2. The fourth-order valence-corrected chi connectivity index (χ4v) is 6.85. The molecule has 2 aromatic carbocycles. The van der Waals surface area contributed by atoms with E-state index >= 15 is 0 Å². The van der Waals surface area contributed by atoms with Crippen LogP contribution in [0.15, 0.2) is 58.0 Å². The van der Waals surface area contributed by atoms with Gasteiger partial charge < -0.3 is 30.4 Å². The molecule has 0 spiro atoms. The van der Waals surface area contributed by atoms with Crippen LogP contribution >= 0.6 is 10.5 Å². The Morgan fingerprint density at radius 3 is 2.66 bits per heavy atom. The van der Waals surface area contributed by atoms with E-state index in [9.17, 15) is 14.6 Å². The normalized spacial score (nSPS) is 17.0. The first kappa shape index (κ1) is 29.0. The zero-order valence-electron chi connectivity index (χ0n) is 22.9. The molecule has 3 heterocycles. The highest BCUT2D eigenvalue weighted by Gasteiger charge is 2.20. The van der Waals surface area contributed by atoms with Crippen molar-refractivity contribution < 1.29 is 23.8 Å². The van der Waals surface area contributed by atoms with Gasteiger partial charge in [0.05, 0.1) is 29.1 Å². The van der Waals surface area contributed by atoms with Gasteiger partial charge in [-0.2, -0.15) is 0 Å². The van der Waals surface area contributed by atoms with Gasteiger partial charge in [0, 0.05) is 41.5 Å². The van der Waals surface area contributed by atoms with Gasteiger partial charge in [0.1, 0.15) is 5.82 Å². The number of nitrogens with zero attached hydrogens (tertiary/aromatic N) is 4. The summed E-state index contributed by atoms with van der Waals surface area (Å²) in [5.74, 6) is -0.336. The number of rotatable bonds is 10. The molecule has 1 saturated heterocycles. The van der Waals surface area contributed by atoms with Gasteiger partial charge in [-0.3, -0.25) is 0 Å². The Labute approximate surface area is 239 Å². The molecule has 1 aliphatic rings. The first-order valence-corrected chi connectivity index (χ1v) is 14.7. The van der Waals surface area contributed by atoms with E-state index in [0.29, 0.717) is 30.3 Å². The first-order valence-electron chi connectivity index (χ1n) is 13.4. The average Bonchev–Trinajstić information content (AvgIpc) is 3.66. The topological polar surface area (TPSA) is 152 Å². The Bertz CT molecular complexity index is 1530. The quantitative estimate of drug-likeness (QED) is 0.196. The van der Waals surface area contributed by atoms with Gasteiger partial charge in [-0.15, -0.1) is 20.7 Å². The molecule has 10 nitrogen and oxygen atoms in total. The fraction of sp³-hybridized carbons (Fsp3) is 0.345. The predicted octanol–water partition coefficient (Wildman–Crippen LogP) is 4.57. The Morgan fingerprint density at radius 2 is 1.98 bits per heavy atom. The fourth-order valence-electron chi connectivity index (χ4n) is 4.69. The first-order chi connectivity index (χ1) is 19.8. The number of halogens is 1. The van der Waals surface area contributed by atoms with E-state index in [-0.39, 0.29) is 46.8 Å². The Kier molecular flexibility index (Phi) is 9.15. The lowest BCUT2D eigenvalue weighted by molar-refractivity contribution is 0.190. The van der Waals surface area contributed by atoms with E-state index in [1.807, 2.05) is 37.3 Å². The minimum Gasteiger partial charge on any atom is -0.414 e. The van der Waals surface area contributed by atoms with Crippen LogP contribution in [0.4, 0.5) is 10.2 Å². The zero-order valence-corrected chi connectivity index (χ0v) is 23.7. The molecule has 0 saturated carbocycles. The van der Waals surface area contributed by atoms with E-state index in [0.717, 1.165) is 29.1 Å². The van der Waals surface area contributed by atoms with Gasteiger partial charge in [-0.25, -0.2) is 14.4 Å². The molecule has 0 amide bonds. The molecule has 5 rings (SSSR count). The van der Waals surface area contributed by atoms with Gasteiger partial charge in [0.2, 0.25) is 0 Å². The van der Waals surface area contributed by atoms with Crippen molar-refractivity contribution in [3.63, 3.8) is 0 Å². The lowest BCUT2D eigenvalue weighted by Gasteiger charge is -2.18. The number of hydrogen-bond acceptors (Lipinski definition) is 9. The monoisotopic (exact) mass is 580 g/mol. The molecule has 0 aliphatic carbocycles. The summed E-state index contributed by atoms with van der Waals surface area (Å²) in [5.41, 5.74) is 8.58. The van der Waals surface area contributed by atoms with Gasteiger partial charge in [-0.1, -0.05) is 25.1 Å². The molecule has 41 heavy (non-hydrogen) atoms. The van der Waals surface area contributed by atoms with Gasteiger partial charge in [0.25, 0.3) is 11.8 Å². The third-order valence-electron chi connectivity index (χ3n) is 6.88. The van der Waals surface area contributed by atoms with Crippen molar-refractivity contribution in [3.05, 3.63) is 60.0 Å². The summed E-state index contributed by atoms with van der Waals surface area (Å²) < 4.78 is 26.1. The summed E-state index contributed by atoms with van der Waals surface area (Å²) in [6.45, 7) is 5.69. The van der Waals surface area contributed by atoms with Crippen LogP contribution in [-0.2, 0) is 11.3 Å². The number of nitrogens with two attached hydrogens (primary N) is 1. The molecule has 5 N–H and O–H groups in total. The Balaban J connectivity index is 1.35. The second-order valence-corrected chi connectivity index (χ2v) is 12.4. The SMILES string of the molecule is C/C(O)=S(\c1ccc(-c2cnc(N)c(-c3nnc(-c4ccc(CN[C@H]5CCOC5)cc4F)o3)n2)cc1)C(C)CCO. The number of benzene rings is 2. The maximum Gasteiger partial charge on any atom is 0.270 e. The largest absolute Gasteiger partial charge is 0.414 e. The standard InChI is InChI=1S/C29H33FN6O4S/c1-17(9-11-37)41(18(2)38)22-6-4-20(5-7-22)25-15-33-27(31)26(34-25)29-36-35-28(40-29)23-8-3-19(13-24(23)30)14-32-21-10-12-39-16-21/h3-8,13,15,17,21,32,37-38H,9-12,14,16H2,1-2H3,(H2,31,33)/t17?,21-,41?/m0/s1. The third kappa shape index (κ3) is 6.68. The number of aliphatic hydroxyl groups is 2. The number of nitrogens with one attached hydrogen (secondary N) is 1. The van der Waals surface area contributed by atoms with Crippen molar-refractivity contribution >= 4 is 21.4 Å². The molecular weight excluding hydrogens is 547 g/mol. The third-order valence-corrected chi connectivity index (χ3v) is 9.33. The summed E-state index contributed by atoms with van der Waals surface area (Å²) in [7, 11) is -0.524. The molecule has 2 unspecified atom stereocenters. The van der Waals surface area contributed by atoms with E-state index in [2.05, 4.69) is 25.5 Å². The van der Waals surface area contributed by atoms with Crippen molar-refractivity contribution in [1.82, 2.24) is 25.5 Å². The number of ether oxygens (including phenoxy) is 1. The maximum atomic E-state index is 15.0. The molecule has 216 valence electrons. The number of hydrogen-bond donors (Lipinski definition) is 4. The van der Waals surface area contributed by atoms with Crippen molar-refractivity contribution in [2.45, 2.75) is 49.4 Å². The van der Waals surface area contributed by atoms with E-state index < -0.39 is 16.3 Å². The summed E-state index contributed by atoms with van der Waals surface area (Å²) >= 11 is 0. The average molecular weight is 581 g/mol. The molecule has 1 fully saturated rings. The highest BCUT2D eigenvalue weighted by Crippen LogP contribution is 2.36. The second kappa shape index (κ2) is 13.0. The molecule has 0 bridgehead atoms. The van der Waals surface area contributed by atoms with Gasteiger partial charge in [-0.05, 0) is 49.6 Å². The van der Waals surface area contributed by atoms with E-state index in [4.69, 9.17) is 14.9 Å². The summed E-state index contributed by atoms with van der Waals surface area (Å²) in [6.07, 6.45) is 3.08. The lowest BCUT2D eigenvalue weighted by atomic mass is 10.1. The molecule has 3 atom stereocenters. The molecular formula is C29H33FN6O4S. The minimum absolute atomic E-state index is 0.0109. The molecule has 1 aliphatic heterocycles. The molecule has 4 aromatic rings.